The molecule has 1 saturated heterocycles. The molecule has 1 fully saturated rings. The van der Waals surface area contributed by atoms with Crippen molar-refractivity contribution in [2.75, 3.05) is 12.3 Å². The van der Waals surface area contributed by atoms with Crippen LogP contribution in [0.2, 0.25) is 0 Å². The monoisotopic (exact) mass is 285 g/mol. The van der Waals surface area contributed by atoms with E-state index in [1.807, 2.05) is 0 Å². The van der Waals surface area contributed by atoms with Gasteiger partial charge in [-0.3, -0.25) is 4.57 Å². The second-order valence-corrected chi connectivity index (χ2v) is 4.21. The molecule has 11 heteroatoms. The van der Waals surface area contributed by atoms with Gasteiger partial charge in [-0.1, -0.05) is 5.11 Å². The van der Waals surface area contributed by atoms with E-state index >= 15 is 0 Å². The minimum Gasteiger partial charge on any atom is -0.393 e. The highest BCUT2D eigenvalue weighted by Crippen LogP contribution is 2.38. The SMILES string of the molecule is [N-]=[N+]=N[C@]1(CO)O[C@@H](n2ccc(N)nc2=O)C(F)C1N. The summed E-state index contributed by atoms with van der Waals surface area (Å²) in [5.74, 6) is -0.0348. The van der Waals surface area contributed by atoms with E-state index in [1.165, 1.54) is 12.3 Å². The molecule has 0 saturated carbocycles. The highest BCUT2D eigenvalue weighted by molar-refractivity contribution is 5.23. The number of halogens is 1. The third kappa shape index (κ3) is 2.08. The Hall–Kier alpha value is -2.20. The van der Waals surface area contributed by atoms with Gasteiger partial charge in [0.05, 0.1) is 12.6 Å². The zero-order valence-corrected chi connectivity index (χ0v) is 10.1. The molecule has 1 aliphatic rings. The molecular weight excluding hydrogens is 273 g/mol. The molecule has 0 amide bonds. The third-order valence-corrected chi connectivity index (χ3v) is 3.03. The number of aromatic nitrogens is 2. The van der Waals surface area contributed by atoms with Crippen LogP contribution in [-0.4, -0.2) is 39.2 Å². The molecular formula is C9H12FN7O3. The maximum Gasteiger partial charge on any atom is 0.351 e. The van der Waals surface area contributed by atoms with Crippen LogP contribution in [0, 0.1) is 0 Å². The quantitative estimate of drug-likeness (QED) is 0.366. The first kappa shape index (κ1) is 14.2. The van der Waals surface area contributed by atoms with E-state index in [4.69, 9.17) is 21.7 Å². The number of nitrogen functional groups attached to an aromatic ring is 1. The van der Waals surface area contributed by atoms with Crippen LogP contribution < -0.4 is 17.2 Å². The van der Waals surface area contributed by atoms with E-state index in [2.05, 4.69) is 15.0 Å². The Kier molecular flexibility index (Phi) is 3.59. The van der Waals surface area contributed by atoms with Gasteiger partial charge in [0.2, 0.25) is 0 Å². The number of nitrogens with two attached hydrogens (primary N) is 2. The predicted molar refractivity (Wildman–Crippen MR) is 64.9 cm³/mol. The maximum absolute atomic E-state index is 14.2. The van der Waals surface area contributed by atoms with Crippen LogP contribution in [0.25, 0.3) is 10.4 Å². The van der Waals surface area contributed by atoms with Crippen molar-refractivity contribution in [2.45, 2.75) is 24.2 Å². The van der Waals surface area contributed by atoms with Crippen molar-refractivity contribution >= 4 is 5.82 Å². The fourth-order valence-electron chi connectivity index (χ4n) is 1.95. The van der Waals surface area contributed by atoms with Gasteiger partial charge in [-0.05, 0) is 11.6 Å². The number of azide groups is 1. The Morgan fingerprint density at radius 1 is 1.75 bits per heavy atom. The summed E-state index contributed by atoms with van der Waals surface area (Å²) >= 11 is 0. The molecule has 0 aliphatic carbocycles. The van der Waals surface area contributed by atoms with E-state index in [9.17, 15) is 14.3 Å². The molecule has 4 atom stereocenters. The van der Waals surface area contributed by atoms with Gasteiger partial charge in [-0.25, -0.2) is 9.18 Å². The Labute approximate surface area is 111 Å². The molecule has 20 heavy (non-hydrogen) atoms. The number of alkyl halides is 1. The molecule has 1 aromatic heterocycles. The van der Waals surface area contributed by atoms with E-state index in [0.717, 1.165) is 4.57 Å². The molecule has 0 spiro atoms. The number of rotatable bonds is 3. The molecule has 2 rings (SSSR count). The summed E-state index contributed by atoms with van der Waals surface area (Å²) in [6.45, 7) is -0.827. The zero-order valence-electron chi connectivity index (χ0n) is 10.1. The van der Waals surface area contributed by atoms with E-state index in [1.54, 1.807) is 0 Å². The molecule has 108 valence electrons. The van der Waals surface area contributed by atoms with E-state index in [0.29, 0.717) is 0 Å². The fourth-order valence-corrected chi connectivity index (χ4v) is 1.95. The third-order valence-electron chi connectivity index (χ3n) is 3.03. The van der Waals surface area contributed by atoms with Gasteiger partial charge in [0.1, 0.15) is 5.82 Å². The fraction of sp³-hybridized carbons (Fsp3) is 0.556. The van der Waals surface area contributed by atoms with E-state index < -0.39 is 36.5 Å². The summed E-state index contributed by atoms with van der Waals surface area (Å²) < 4.78 is 20.2. The number of aliphatic hydroxyl groups is 1. The Morgan fingerprint density at radius 2 is 2.45 bits per heavy atom. The Balaban J connectivity index is 2.45. The minimum absolute atomic E-state index is 0.0348. The summed E-state index contributed by atoms with van der Waals surface area (Å²) in [4.78, 5) is 17.6. The first-order valence-electron chi connectivity index (χ1n) is 5.54. The van der Waals surface area contributed by atoms with Crippen LogP contribution in [0.4, 0.5) is 10.2 Å². The van der Waals surface area contributed by atoms with Gasteiger partial charge in [0.25, 0.3) is 0 Å². The van der Waals surface area contributed by atoms with Crippen molar-refractivity contribution < 1.29 is 14.2 Å². The lowest BCUT2D eigenvalue weighted by Crippen LogP contribution is -2.49. The van der Waals surface area contributed by atoms with Crippen LogP contribution in [0.15, 0.2) is 22.2 Å². The molecule has 10 nitrogen and oxygen atoms in total. The molecule has 2 heterocycles. The molecule has 0 bridgehead atoms. The number of nitrogens with zero attached hydrogens (tertiary/aromatic N) is 5. The first-order valence-corrected chi connectivity index (χ1v) is 5.54. The van der Waals surface area contributed by atoms with Crippen LogP contribution >= 0.6 is 0 Å². The number of anilines is 1. The van der Waals surface area contributed by atoms with Crippen molar-refractivity contribution in [1.29, 1.82) is 0 Å². The first-order chi connectivity index (χ1) is 9.45. The van der Waals surface area contributed by atoms with Crippen LogP contribution in [0.3, 0.4) is 0 Å². The normalized spacial score (nSPS) is 32.9. The van der Waals surface area contributed by atoms with Gasteiger partial charge in [0, 0.05) is 11.1 Å². The van der Waals surface area contributed by atoms with Gasteiger partial charge in [0.15, 0.2) is 18.1 Å². The largest absolute Gasteiger partial charge is 0.393 e. The lowest BCUT2D eigenvalue weighted by molar-refractivity contribution is -0.104. The number of aliphatic hydroxyl groups excluding tert-OH is 1. The standard InChI is InChI=1S/C9H12FN7O3/c10-5-6(12)9(3-18,15-16-13)20-7(5)17-2-1-4(11)14-8(17)19/h1-2,5-7,18H,3,12H2,(H2,11,14,19)/t5?,6?,7-,9-/m1/s1. The molecule has 1 aromatic rings. The van der Waals surface area contributed by atoms with Gasteiger partial charge >= 0.3 is 5.69 Å². The minimum atomic E-state index is -1.97. The van der Waals surface area contributed by atoms with Crippen LogP contribution in [-0.2, 0) is 4.74 Å². The number of ether oxygens (including phenoxy) is 1. The lowest BCUT2D eigenvalue weighted by atomic mass is 10.0. The predicted octanol–water partition coefficient (Wildman–Crippen LogP) is -0.981. The van der Waals surface area contributed by atoms with Crippen molar-refractivity contribution in [2.24, 2.45) is 10.8 Å². The molecule has 0 radical (unpaired) electrons. The van der Waals surface area contributed by atoms with Crippen molar-refractivity contribution in [3.63, 3.8) is 0 Å². The van der Waals surface area contributed by atoms with E-state index in [-0.39, 0.29) is 5.82 Å². The average Bonchev–Trinajstić information content (AvgIpc) is 2.65. The summed E-state index contributed by atoms with van der Waals surface area (Å²) in [5.41, 5.74) is 16.5. The zero-order chi connectivity index (χ0) is 14.9. The Bertz CT molecular complexity index is 616. The summed E-state index contributed by atoms with van der Waals surface area (Å²) in [6.07, 6.45) is -2.17. The lowest BCUT2D eigenvalue weighted by Gasteiger charge is -2.24. The topological polar surface area (TPSA) is 165 Å². The van der Waals surface area contributed by atoms with Crippen LogP contribution in [0.1, 0.15) is 6.23 Å². The number of hydrogen-bond donors (Lipinski definition) is 3. The van der Waals surface area contributed by atoms with Gasteiger partial charge in [-0.15, -0.1) is 0 Å². The summed E-state index contributed by atoms with van der Waals surface area (Å²) in [6, 6.07) is -0.159. The Morgan fingerprint density at radius 3 is 3.00 bits per heavy atom. The highest BCUT2D eigenvalue weighted by atomic mass is 19.1. The molecule has 5 N–H and O–H groups in total. The molecule has 0 aromatic carbocycles. The molecule has 2 unspecified atom stereocenters. The number of hydrogen-bond acceptors (Lipinski definition) is 7. The second-order valence-electron chi connectivity index (χ2n) is 4.21. The second kappa shape index (κ2) is 5.06. The van der Waals surface area contributed by atoms with Gasteiger partial charge in [-0.2, -0.15) is 4.98 Å². The summed E-state index contributed by atoms with van der Waals surface area (Å²) in [5, 5.41) is 12.5. The maximum atomic E-state index is 14.2. The van der Waals surface area contributed by atoms with Crippen LogP contribution in [0.5, 0.6) is 0 Å². The molecule has 1 aliphatic heterocycles. The smallest absolute Gasteiger partial charge is 0.351 e. The van der Waals surface area contributed by atoms with Crippen molar-refractivity contribution in [3.05, 3.63) is 33.2 Å². The van der Waals surface area contributed by atoms with Gasteiger partial charge < -0.3 is 21.3 Å². The highest BCUT2D eigenvalue weighted by Gasteiger charge is 2.54. The van der Waals surface area contributed by atoms with Crippen molar-refractivity contribution in [3.8, 4) is 0 Å². The average molecular weight is 285 g/mol. The summed E-state index contributed by atoms with van der Waals surface area (Å²) in [7, 11) is 0. The van der Waals surface area contributed by atoms with Crippen molar-refractivity contribution in [1.82, 2.24) is 9.55 Å².